The molecule has 0 aliphatic rings. The number of nitrogens with zero attached hydrogens (tertiary/aromatic N) is 2. The van der Waals surface area contributed by atoms with Crippen LogP contribution in [-0.4, -0.2) is 56.1 Å². The Kier molecular flexibility index (Phi) is 9.87. The maximum Gasteiger partial charge on any atom is 0.244 e. The van der Waals surface area contributed by atoms with Crippen molar-refractivity contribution in [1.82, 2.24) is 10.2 Å². The molecule has 0 aromatic heterocycles. The average Bonchev–Trinajstić information content (AvgIpc) is 2.73. The molecule has 2 aromatic rings. The van der Waals surface area contributed by atoms with Crippen molar-refractivity contribution in [3.05, 3.63) is 63.1 Å². The van der Waals surface area contributed by atoms with Gasteiger partial charge in [-0.15, -0.1) is 0 Å². The minimum atomic E-state index is -3.94. The van der Waals surface area contributed by atoms with E-state index in [0.29, 0.717) is 6.42 Å². The van der Waals surface area contributed by atoms with Crippen molar-refractivity contribution >= 4 is 62.3 Å². The van der Waals surface area contributed by atoms with Crippen molar-refractivity contribution in [1.29, 1.82) is 0 Å². The van der Waals surface area contributed by atoms with Crippen LogP contribution in [0.15, 0.2) is 42.5 Å². The van der Waals surface area contributed by atoms with E-state index in [-0.39, 0.29) is 33.2 Å². The molecule has 0 heterocycles. The van der Waals surface area contributed by atoms with Crippen LogP contribution in [0.1, 0.15) is 33.3 Å². The van der Waals surface area contributed by atoms with E-state index in [4.69, 9.17) is 34.8 Å². The molecule has 2 rings (SSSR count). The molecule has 192 valence electrons. The van der Waals surface area contributed by atoms with E-state index in [1.807, 2.05) is 51.1 Å². The summed E-state index contributed by atoms with van der Waals surface area (Å²) in [6.45, 7) is 6.76. The van der Waals surface area contributed by atoms with E-state index in [1.165, 1.54) is 17.0 Å². The first-order valence-electron chi connectivity index (χ1n) is 10.9. The summed E-state index contributed by atoms with van der Waals surface area (Å²) in [7, 11) is -3.94. The third-order valence-electron chi connectivity index (χ3n) is 5.09. The fraction of sp³-hybridized carbons (Fsp3) is 0.417. The Morgan fingerprint density at radius 3 is 2.11 bits per heavy atom. The van der Waals surface area contributed by atoms with Gasteiger partial charge in [0.1, 0.15) is 12.6 Å². The predicted octanol–water partition coefficient (Wildman–Crippen LogP) is 4.79. The Labute approximate surface area is 222 Å². The van der Waals surface area contributed by atoms with Crippen LogP contribution in [0, 0.1) is 0 Å². The normalized spacial score (nSPS) is 12.7. The van der Waals surface area contributed by atoms with Gasteiger partial charge in [-0.25, -0.2) is 8.42 Å². The van der Waals surface area contributed by atoms with Crippen molar-refractivity contribution < 1.29 is 18.0 Å². The van der Waals surface area contributed by atoms with Crippen LogP contribution < -0.4 is 9.62 Å². The lowest BCUT2D eigenvalue weighted by molar-refractivity contribution is -0.139. The number of sulfonamides is 1. The molecule has 2 amide bonds. The molecule has 7 nitrogen and oxygen atoms in total. The number of hydrogen-bond acceptors (Lipinski definition) is 4. The summed E-state index contributed by atoms with van der Waals surface area (Å²) in [6.07, 6.45) is 1.44. The van der Waals surface area contributed by atoms with Crippen molar-refractivity contribution in [2.24, 2.45) is 0 Å². The van der Waals surface area contributed by atoms with E-state index >= 15 is 0 Å². The van der Waals surface area contributed by atoms with Crippen molar-refractivity contribution in [3.8, 4) is 0 Å². The second-order valence-electron chi connectivity index (χ2n) is 9.23. The molecule has 11 heteroatoms. The Hall–Kier alpha value is -2.00. The molecule has 0 unspecified atom stereocenters. The molecule has 2 aromatic carbocycles. The number of halogens is 3. The van der Waals surface area contributed by atoms with E-state index in [1.54, 1.807) is 6.92 Å². The lowest BCUT2D eigenvalue weighted by Crippen LogP contribution is -2.55. The lowest BCUT2D eigenvalue weighted by Gasteiger charge is -2.33. The van der Waals surface area contributed by atoms with Gasteiger partial charge in [0.15, 0.2) is 0 Å². The fourth-order valence-corrected chi connectivity index (χ4v) is 4.89. The molecule has 0 fully saturated rings. The fourth-order valence-electron chi connectivity index (χ4n) is 3.34. The molecule has 35 heavy (non-hydrogen) atoms. The van der Waals surface area contributed by atoms with Crippen LogP contribution in [-0.2, 0) is 26.0 Å². The molecule has 0 saturated carbocycles. The number of rotatable bonds is 9. The van der Waals surface area contributed by atoms with E-state index in [2.05, 4.69) is 5.32 Å². The smallest absolute Gasteiger partial charge is 0.244 e. The predicted molar refractivity (Wildman–Crippen MR) is 143 cm³/mol. The van der Waals surface area contributed by atoms with Crippen molar-refractivity contribution in [2.45, 2.75) is 45.7 Å². The monoisotopic (exact) mass is 561 g/mol. The highest BCUT2D eigenvalue weighted by Crippen LogP contribution is 2.35. The maximum atomic E-state index is 13.5. The van der Waals surface area contributed by atoms with Crippen LogP contribution in [0.25, 0.3) is 0 Å². The van der Waals surface area contributed by atoms with E-state index in [9.17, 15) is 18.0 Å². The highest BCUT2D eigenvalue weighted by atomic mass is 35.5. The zero-order valence-corrected chi connectivity index (χ0v) is 23.4. The summed E-state index contributed by atoms with van der Waals surface area (Å²) in [6, 6.07) is 11.2. The summed E-state index contributed by atoms with van der Waals surface area (Å²) in [5.74, 6) is -0.914. The quantitative estimate of drug-likeness (QED) is 0.445. The molecular formula is C24H30Cl3N3O4S. The number of hydrogen-bond donors (Lipinski definition) is 1. The summed E-state index contributed by atoms with van der Waals surface area (Å²) >= 11 is 18.3. The second kappa shape index (κ2) is 11.8. The zero-order valence-electron chi connectivity index (χ0n) is 20.3. The van der Waals surface area contributed by atoms with Crippen LogP contribution in [0.4, 0.5) is 5.69 Å². The third-order valence-corrected chi connectivity index (χ3v) is 7.24. The summed E-state index contributed by atoms with van der Waals surface area (Å²) in [4.78, 5) is 27.8. The van der Waals surface area contributed by atoms with Crippen LogP contribution >= 0.6 is 34.8 Å². The SMILES string of the molecule is C[C@@H](C(=O)NC(C)(C)C)N(CCc1ccccc1)C(=O)CN(c1cc(Cl)c(Cl)cc1Cl)S(C)(=O)=O. The number of carbonyl (C=O) groups excluding carboxylic acids is 2. The minimum Gasteiger partial charge on any atom is -0.350 e. The van der Waals surface area contributed by atoms with E-state index in [0.717, 1.165) is 16.1 Å². The summed E-state index contributed by atoms with van der Waals surface area (Å²) < 4.78 is 26.2. The molecule has 0 saturated heterocycles. The number of amides is 2. The highest BCUT2D eigenvalue weighted by molar-refractivity contribution is 7.92. The van der Waals surface area contributed by atoms with Gasteiger partial charge in [0.25, 0.3) is 0 Å². The topological polar surface area (TPSA) is 86.8 Å². The van der Waals surface area contributed by atoms with Gasteiger partial charge in [0.2, 0.25) is 21.8 Å². The molecule has 1 N–H and O–H groups in total. The van der Waals surface area contributed by atoms with Crippen LogP contribution in [0.3, 0.4) is 0 Å². The van der Waals surface area contributed by atoms with Crippen LogP contribution in [0.5, 0.6) is 0 Å². The van der Waals surface area contributed by atoms with Gasteiger partial charge < -0.3 is 10.2 Å². The number of nitrogens with one attached hydrogen (secondary N) is 1. The highest BCUT2D eigenvalue weighted by Gasteiger charge is 2.32. The lowest BCUT2D eigenvalue weighted by atomic mass is 10.1. The Morgan fingerprint density at radius 1 is 1.00 bits per heavy atom. The second-order valence-corrected chi connectivity index (χ2v) is 12.4. The van der Waals surface area contributed by atoms with Crippen molar-refractivity contribution in [3.63, 3.8) is 0 Å². The van der Waals surface area contributed by atoms with Gasteiger partial charge in [-0.2, -0.15) is 0 Å². The number of anilines is 1. The summed E-state index contributed by atoms with van der Waals surface area (Å²) in [5.41, 5.74) is 0.485. The minimum absolute atomic E-state index is 0.0201. The van der Waals surface area contributed by atoms with Gasteiger partial charge in [-0.1, -0.05) is 65.1 Å². The molecule has 0 radical (unpaired) electrons. The zero-order chi connectivity index (χ0) is 26.6. The first kappa shape index (κ1) is 29.2. The first-order chi connectivity index (χ1) is 16.1. The number of benzene rings is 2. The van der Waals surface area contributed by atoms with Gasteiger partial charge >= 0.3 is 0 Å². The molecule has 1 atom stereocenters. The van der Waals surface area contributed by atoms with Gasteiger partial charge in [-0.3, -0.25) is 13.9 Å². The molecule has 0 aliphatic heterocycles. The molecule has 0 spiro atoms. The largest absolute Gasteiger partial charge is 0.350 e. The van der Waals surface area contributed by atoms with E-state index < -0.39 is 34.1 Å². The Bertz CT molecular complexity index is 1170. The van der Waals surface area contributed by atoms with Crippen LogP contribution in [0.2, 0.25) is 15.1 Å². The summed E-state index contributed by atoms with van der Waals surface area (Å²) in [5, 5.41) is 3.13. The van der Waals surface area contributed by atoms with Crippen molar-refractivity contribution in [2.75, 3.05) is 23.7 Å². The first-order valence-corrected chi connectivity index (χ1v) is 13.9. The Balaban J connectivity index is 2.40. The average molecular weight is 563 g/mol. The molecular weight excluding hydrogens is 533 g/mol. The van der Waals surface area contributed by atoms with Gasteiger partial charge in [0.05, 0.1) is 27.0 Å². The maximum absolute atomic E-state index is 13.5. The standard InChI is InChI=1S/C24H30Cl3N3O4S/c1-16(23(32)28-24(2,3)4)29(12-11-17-9-7-6-8-10-17)22(31)15-30(35(5,33)34)21-14-19(26)18(25)13-20(21)27/h6-10,13-14,16H,11-12,15H2,1-5H3,(H,28,32)/t16-/m0/s1. The van der Waals surface area contributed by atoms with Gasteiger partial charge in [-0.05, 0) is 51.8 Å². The molecule has 0 bridgehead atoms. The number of carbonyl (C=O) groups is 2. The van der Waals surface area contributed by atoms with Gasteiger partial charge in [0, 0.05) is 12.1 Å². The molecule has 0 aliphatic carbocycles. The third kappa shape index (κ3) is 8.56. The Morgan fingerprint density at radius 2 is 1.57 bits per heavy atom.